The predicted molar refractivity (Wildman–Crippen MR) is 50.4 cm³/mol. The summed E-state index contributed by atoms with van der Waals surface area (Å²) in [4.78, 5) is 0. The molecule has 2 aliphatic rings. The van der Waals surface area contributed by atoms with Crippen LogP contribution in [-0.4, -0.2) is 17.5 Å². The van der Waals surface area contributed by atoms with Gasteiger partial charge in [-0.25, -0.2) is 4.39 Å². The van der Waals surface area contributed by atoms with Crippen molar-refractivity contribution >= 4 is 0 Å². The van der Waals surface area contributed by atoms with Gasteiger partial charge in [0, 0.05) is 6.42 Å². The molecular weight excluding hydrogens is 199 g/mol. The molecule has 3 rings (SSSR count). The van der Waals surface area contributed by atoms with E-state index in [0.717, 1.165) is 18.4 Å². The Hall–Kier alpha value is -1.29. The van der Waals surface area contributed by atoms with Crippen LogP contribution < -0.4 is 9.47 Å². The number of hydrogen-bond donors (Lipinski definition) is 1. The van der Waals surface area contributed by atoms with Crippen molar-refractivity contribution in [1.82, 2.24) is 0 Å². The van der Waals surface area contributed by atoms with Gasteiger partial charge in [-0.3, -0.25) is 0 Å². The van der Waals surface area contributed by atoms with E-state index >= 15 is 0 Å². The topological polar surface area (TPSA) is 38.7 Å². The van der Waals surface area contributed by atoms with E-state index in [1.54, 1.807) is 6.07 Å². The molecule has 4 heteroatoms. The second-order valence-corrected chi connectivity index (χ2v) is 4.21. The van der Waals surface area contributed by atoms with Crippen LogP contribution in [0, 0.1) is 5.82 Å². The standard InChI is InChI=1S/C11H11FO3/c12-8-3-7(5-11(13)1-2-11)4-9-10(8)15-6-14-9/h3-4,13H,1-2,5-6H2. The van der Waals surface area contributed by atoms with E-state index < -0.39 is 11.4 Å². The molecule has 1 saturated carbocycles. The van der Waals surface area contributed by atoms with Crippen LogP contribution in [0.15, 0.2) is 12.1 Å². The summed E-state index contributed by atoms with van der Waals surface area (Å²) >= 11 is 0. The Morgan fingerprint density at radius 3 is 2.87 bits per heavy atom. The molecule has 0 spiro atoms. The molecule has 0 aromatic heterocycles. The SMILES string of the molecule is OC1(Cc2cc(F)c3c(c2)OCO3)CC1. The van der Waals surface area contributed by atoms with Crippen molar-refractivity contribution < 1.29 is 19.0 Å². The molecule has 0 bridgehead atoms. The van der Waals surface area contributed by atoms with E-state index in [9.17, 15) is 9.50 Å². The lowest BCUT2D eigenvalue weighted by atomic mass is 10.1. The third-order valence-corrected chi connectivity index (χ3v) is 2.85. The maximum Gasteiger partial charge on any atom is 0.231 e. The van der Waals surface area contributed by atoms with Crippen molar-refractivity contribution in [3.8, 4) is 11.5 Å². The smallest absolute Gasteiger partial charge is 0.231 e. The van der Waals surface area contributed by atoms with Crippen LogP contribution in [0.3, 0.4) is 0 Å². The lowest BCUT2D eigenvalue weighted by Gasteiger charge is -2.08. The third-order valence-electron chi connectivity index (χ3n) is 2.85. The van der Waals surface area contributed by atoms with Crippen molar-refractivity contribution in [2.75, 3.05) is 6.79 Å². The van der Waals surface area contributed by atoms with Crippen molar-refractivity contribution in [3.05, 3.63) is 23.5 Å². The molecule has 1 N–H and O–H groups in total. The molecule has 0 atom stereocenters. The van der Waals surface area contributed by atoms with Crippen LogP contribution in [0.2, 0.25) is 0 Å². The summed E-state index contributed by atoms with van der Waals surface area (Å²) in [5.41, 5.74) is 0.150. The van der Waals surface area contributed by atoms with E-state index in [2.05, 4.69) is 0 Å². The summed E-state index contributed by atoms with van der Waals surface area (Å²) in [6, 6.07) is 3.14. The summed E-state index contributed by atoms with van der Waals surface area (Å²) in [5.74, 6) is 0.208. The van der Waals surface area contributed by atoms with Gasteiger partial charge in [0.25, 0.3) is 0 Å². The minimum atomic E-state index is -0.611. The highest BCUT2D eigenvalue weighted by molar-refractivity contribution is 5.46. The van der Waals surface area contributed by atoms with Crippen LogP contribution in [0.25, 0.3) is 0 Å². The van der Waals surface area contributed by atoms with E-state index in [0.29, 0.717) is 12.2 Å². The quantitative estimate of drug-likeness (QED) is 0.806. The lowest BCUT2D eigenvalue weighted by Crippen LogP contribution is -2.10. The van der Waals surface area contributed by atoms with Gasteiger partial charge in [-0.2, -0.15) is 0 Å². The van der Waals surface area contributed by atoms with Crippen molar-refractivity contribution in [2.24, 2.45) is 0 Å². The minimum Gasteiger partial charge on any atom is -0.453 e. The van der Waals surface area contributed by atoms with Crippen LogP contribution in [-0.2, 0) is 6.42 Å². The van der Waals surface area contributed by atoms with Gasteiger partial charge in [0.05, 0.1) is 5.60 Å². The molecule has 1 aromatic rings. The molecule has 15 heavy (non-hydrogen) atoms. The van der Waals surface area contributed by atoms with Gasteiger partial charge >= 0.3 is 0 Å². The fourth-order valence-corrected chi connectivity index (χ4v) is 1.82. The minimum absolute atomic E-state index is 0.0694. The summed E-state index contributed by atoms with van der Waals surface area (Å²) < 4.78 is 23.5. The fraction of sp³-hybridized carbons (Fsp3) is 0.455. The normalized spacial score (nSPS) is 20.4. The Morgan fingerprint density at radius 1 is 1.33 bits per heavy atom. The maximum atomic E-state index is 13.5. The molecule has 1 fully saturated rings. The van der Waals surface area contributed by atoms with E-state index in [1.165, 1.54) is 6.07 Å². The van der Waals surface area contributed by atoms with Gasteiger partial charge in [-0.05, 0) is 30.5 Å². The summed E-state index contributed by atoms with van der Waals surface area (Å²) in [6.45, 7) is 0.0694. The van der Waals surface area contributed by atoms with Crippen molar-refractivity contribution in [3.63, 3.8) is 0 Å². The molecule has 0 saturated heterocycles. The third kappa shape index (κ3) is 1.55. The number of aliphatic hydroxyl groups is 1. The number of halogens is 1. The molecule has 0 radical (unpaired) electrons. The molecule has 0 unspecified atom stereocenters. The van der Waals surface area contributed by atoms with E-state index in [1.807, 2.05) is 0 Å². The highest BCUT2D eigenvalue weighted by Gasteiger charge is 2.40. The number of rotatable bonds is 2. The average Bonchev–Trinajstić information content (AvgIpc) is 2.73. The van der Waals surface area contributed by atoms with Crippen LogP contribution >= 0.6 is 0 Å². The Bertz CT molecular complexity index is 413. The Morgan fingerprint density at radius 2 is 2.13 bits per heavy atom. The van der Waals surface area contributed by atoms with Crippen LogP contribution in [0.5, 0.6) is 11.5 Å². The average molecular weight is 210 g/mol. The highest BCUT2D eigenvalue weighted by atomic mass is 19.1. The van der Waals surface area contributed by atoms with Gasteiger partial charge in [0.2, 0.25) is 12.5 Å². The summed E-state index contributed by atoms with van der Waals surface area (Å²) in [7, 11) is 0. The first-order valence-corrected chi connectivity index (χ1v) is 4.97. The van der Waals surface area contributed by atoms with E-state index in [-0.39, 0.29) is 12.5 Å². The molecule has 80 valence electrons. The number of ether oxygens (including phenoxy) is 2. The first-order chi connectivity index (χ1) is 7.16. The summed E-state index contributed by atoms with van der Waals surface area (Å²) in [5, 5.41) is 9.73. The maximum absolute atomic E-state index is 13.5. The van der Waals surface area contributed by atoms with Crippen molar-refractivity contribution in [1.29, 1.82) is 0 Å². The zero-order valence-corrected chi connectivity index (χ0v) is 8.12. The van der Waals surface area contributed by atoms with Crippen LogP contribution in [0.4, 0.5) is 4.39 Å². The first-order valence-electron chi connectivity index (χ1n) is 4.97. The molecule has 3 nitrogen and oxygen atoms in total. The second-order valence-electron chi connectivity index (χ2n) is 4.21. The number of fused-ring (bicyclic) bond motifs is 1. The molecule has 0 amide bonds. The largest absolute Gasteiger partial charge is 0.453 e. The fourth-order valence-electron chi connectivity index (χ4n) is 1.82. The molecule has 1 aliphatic heterocycles. The molecular formula is C11H11FO3. The van der Waals surface area contributed by atoms with Crippen LogP contribution in [0.1, 0.15) is 18.4 Å². The molecule has 1 heterocycles. The highest BCUT2D eigenvalue weighted by Crippen LogP contribution is 2.41. The Kier molecular flexibility index (Phi) is 1.71. The molecule has 1 aliphatic carbocycles. The monoisotopic (exact) mass is 210 g/mol. The number of benzene rings is 1. The van der Waals surface area contributed by atoms with E-state index in [4.69, 9.17) is 9.47 Å². The van der Waals surface area contributed by atoms with Gasteiger partial charge in [-0.1, -0.05) is 0 Å². The molecule has 1 aromatic carbocycles. The second kappa shape index (κ2) is 2.85. The predicted octanol–water partition coefficient (Wildman–Crippen LogP) is 1.62. The van der Waals surface area contributed by atoms with Gasteiger partial charge in [0.15, 0.2) is 11.6 Å². The van der Waals surface area contributed by atoms with Gasteiger partial charge in [0.1, 0.15) is 0 Å². The zero-order valence-electron chi connectivity index (χ0n) is 8.12. The first kappa shape index (κ1) is 8.97. The lowest BCUT2D eigenvalue weighted by molar-refractivity contribution is 0.151. The van der Waals surface area contributed by atoms with Crippen molar-refractivity contribution in [2.45, 2.75) is 24.9 Å². The summed E-state index contributed by atoms with van der Waals surface area (Å²) in [6.07, 6.45) is 2.08. The number of hydrogen-bond acceptors (Lipinski definition) is 3. The van der Waals surface area contributed by atoms with Gasteiger partial charge in [-0.15, -0.1) is 0 Å². The Balaban J connectivity index is 1.93. The zero-order chi connectivity index (χ0) is 10.5. The van der Waals surface area contributed by atoms with Gasteiger partial charge < -0.3 is 14.6 Å². The Labute approximate surface area is 86.4 Å².